The first-order chi connectivity index (χ1) is 14.9. The molecule has 0 radical (unpaired) electrons. The van der Waals surface area contributed by atoms with Crippen LogP contribution in [0.3, 0.4) is 0 Å². The van der Waals surface area contributed by atoms with Crippen LogP contribution in [-0.4, -0.2) is 44.3 Å². The Morgan fingerprint density at radius 1 is 1.19 bits per heavy atom. The Balaban J connectivity index is 1.32. The van der Waals surface area contributed by atoms with Crippen LogP contribution in [0.25, 0.3) is 0 Å². The third-order valence-electron chi connectivity index (χ3n) is 8.57. The second-order valence-corrected chi connectivity index (χ2v) is 10.4. The second kappa shape index (κ2) is 7.84. The van der Waals surface area contributed by atoms with E-state index < -0.39 is 0 Å². The lowest BCUT2D eigenvalue weighted by Gasteiger charge is -2.50. The van der Waals surface area contributed by atoms with Gasteiger partial charge < -0.3 is 14.2 Å². The van der Waals surface area contributed by atoms with E-state index in [1.54, 1.807) is 14.2 Å². The molecule has 168 valence electrons. The number of rotatable bonds is 4. The molecule has 5 nitrogen and oxygen atoms in total. The van der Waals surface area contributed by atoms with Crippen LogP contribution in [0.4, 0.5) is 0 Å². The zero-order valence-corrected chi connectivity index (χ0v) is 19.1. The summed E-state index contributed by atoms with van der Waals surface area (Å²) in [7, 11) is 3.35. The monoisotopic (exact) mass is 425 g/mol. The van der Waals surface area contributed by atoms with Crippen LogP contribution in [0.15, 0.2) is 24.3 Å². The molecule has 1 aromatic rings. The van der Waals surface area contributed by atoms with E-state index in [1.807, 2.05) is 0 Å². The van der Waals surface area contributed by atoms with Crippen LogP contribution in [0.1, 0.15) is 50.2 Å². The van der Waals surface area contributed by atoms with Gasteiger partial charge in [0.2, 0.25) is 0 Å². The average molecular weight is 426 g/mol. The van der Waals surface area contributed by atoms with Gasteiger partial charge in [-0.25, -0.2) is 0 Å². The molecule has 3 fully saturated rings. The molecule has 5 atom stereocenters. The first-order valence-corrected chi connectivity index (χ1v) is 11.8. The lowest BCUT2D eigenvalue weighted by Crippen LogP contribution is -2.46. The van der Waals surface area contributed by atoms with E-state index in [2.05, 4.69) is 30.5 Å². The van der Waals surface area contributed by atoms with Crippen molar-refractivity contribution in [1.29, 1.82) is 0 Å². The lowest BCUT2D eigenvalue weighted by atomic mass is 9.55. The van der Waals surface area contributed by atoms with Crippen molar-refractivity contribution in [2.75, 3.05) is 27.3 Å². The Morgan fingerprint density at radius 3 is 2.68 bits per heavy atom. The van der Waals surface area contributed by atoms with Crippen LogP contribution >= 0.6 is 0 Å². The minimum absolute atomic E-state index is 0.0148. The smallest absolute Gasteiger partial charge is 0.310 e. The van der Waals surface area contributed by atoms with Gasteiger partial charge in [-0.15, -0.1) is 0 Å². The predicted molar refractivity (Wildman–Crippen MR) is 119 cm³/mol. The Labute approximate surface area is 185 Å². The molecule has 0 spiro atoms. The van der Waals surface area contributed by atoms with Crippen LogP contribution < -0.4 is 9.47 Å². The number of carbonyl (C=O) groups is 1. The highest BCUT2D eigenvalue weighted by atomic mass is 16.6. The van der Waals surface area contributed by atoms with Crippen molar-refractivity contribution >= 4 is 5.97 Å². The van der Waals surface area contributed by atoms with Gasteiger partial charge in [-0.3, -0.25) is 9.69 Å². The molecule has 1 aromatic carbocycles. The molecule has 2 aliphatic heterocycles. The van der Waals surface area contributed by atoms with Gasteiger partial charge in [0, 0.05) is 25.6 Å². The molecule has 4 aliphatic rings. The topological polar surface area (TPSA) is 48.0 Å². The summed E-state index contributed by atoms with van der Waals surface area (Å²) in [6.07, 6.45) is 6.72. The molecule has 5 rings (SSSR count). The van der Waals surface area contributed by atoms with Crippen LogP contribution in [0.5, 0.6) is 11.5 Å². The molecular formula is C26H35NO4. The fourth-order valence-corrected chi connectivity index (χ4v) is 6.84. The van der Waals surface area contributed by atoms with Crippen molar-refractivity contribution in [1.82, 2.24) is 4.90 Å². The quantitative estimate of drug-likeness (QED) is 0.529. The van der Waals surface area contributed by atoms with E-state index in [1.165, 1.54) is 29.5 Å². The summed E-state index contributed by atoms with van der Waals surface area (Å²) in [5.74, 6) is 2.41. The maximum absolute atomic E-state index is 12.9. The average Bonchev–Trinajstić information content (AvgIpc) is 3.04. The normalized spacial score (nSPS) is 35.1. The number of ether oxygens (including phenoxy) is 3. The number of allylic oxidation sites excluding steroid dienone is 1. The highest BCUT2D eigenvalue weighted by Gasteiger charge is 2.55. The molecule has 0 N–H and O–H groups in total. The molecule has 5 heteroatoms. The van der Waals surface area contributed by atoms with Gasteiger partial charge in [0.25, 0.3) is 0 Å². The number of fused-ring (bicyclic) bond motifs is 3. The number of carbonyl (C=O) groups excluding carboxylic acids is 1. The lowest BCUT2D eigenvalue weighted by molar-refractivity contribution is -0.146. The third-order valence-corrected chi connectivity index (χ3v) is 8.57. The van der Waals surface area contributed by atoms with Gasteiger partial charge in [-0.05, 0) is 73.1 Å². The van der Waals surface area contributed by atoms with Crippen LogP contribution in [0.2, 0.25) is 0 Å². The predicted octanol–water partition coefficient (Wildman–Crippen LogP) is 4.38. The van der Waals surface area contributed by atoms with Crippen molar-refractivity contribution in [2.24, 2.45) is 23.2 Å². The Morgan fingerprint density at radius 2 is 1.94 bits per heavy atom. The second-order valence-electron chi connectivity index (χ2n) is 10.4. The molecule has 2 heterocycles. The Kier molecular flexibility index (Phi) is 5.28. The van der Waals surface area contributed by atoms with Gasteiger partial charge in [-0.2, -0.15) is 0 Å². The van der Waals surface area contributed by atoms with Crippen LogP contribution in [-0.2, 0) is 22.5 Å². The first kappa shape index (κ1) is 20.9. The molecule has 0 bridgehead atoms. The van der Waals surface area contributed by atoms with E-state index >= 15 is 0 Å². The summed E-state index contributed by atoms with van der Waals surface area (Å²) in [5, 5.41) is 0. The minimum Gasteiger partial charge on any atom is -0.493 e. The minimum atomic E-state index is -0.0222. The summed E-state index contributed by atoms with van der Waals surface area (Å²) in [6.45, 7) is 9.38. The zero-order valence-electron chi connectivity index (χ0n) is 19.1. The summed E-state index contributed by atoms with van der Waals surface area (Å²) in [4.78, 5) is 15.4. The van der Waals surface area contributed by atoms with E-state index in [-0.39, 0.29) is 23.4 Å². The van der Waals surface area contributed by atoms with Crippen molar-refractivity contribution < 1.29 is 19.0 Å². The molecule has 31 heavy (non-hydrogen) atoms. The van der Waals surface area contributed by atoms with E-state index in [4.69, 9.17) is 14.2 Å². The highest BCUT2D eigenvalue weighted by molar-refractivity contribution is 5.75. The maximum Gasteiger partial charge on any atom is 0.310 e. The van der Waals surface area contributed by atoms with Crippen molar-refractivity contribution in [3.63, 3.8) is 0 Å². The summed E-state index contributed by atoms with van der Waals surface area (Å²) < 4.78 is 16.9. The molecular weight excluding hydrogens is 390 g/mol. The molecule has 0 amide bonds. The van der Waals surface area contributed by atoms with Crippen molar-refractivity contribution in [3.05, 3.63) is 35.4 Å². The fraction of sp³-hybridized carbons (Fsp3) is 0.654. The van der Waals surface area contributed by atoms with E-state index in [0.29, 0.717) is 11.8 Å². The molecule has 2 aliphatic carbocycles. The number of methoxy groups -OCH3 is 2. The maximum atomic E-state index is 12.9. The van der Waals surface area contributed by atoms with Gasteiger partial charge in [0.15, 0.2) is 11.5 Å². The summed E-state index contributed by atoms with van der Waals surface area (Å²) in [5.41, 5.74) is 4.24. The number of hydrogen-bond acceptors (Lipinski definition) is 5. The fourth-order valence-electron chi connectivity index (χ4n) is 6.84. The third kappa shape index (κ3) is 3.55. The Hall–Kier alpha value is -2.01. The first-order valence-electron chi connectivity index (χ1n) is 11.8. The zero-order chi connectivity index (χ0) is 21.8. The van der Waals surface area contributed by atoms with Gasteiger partial charge in [-0.1, -0.05) is 19.1 Å². The van der Waals surface area contributed by atoms with Gasteiger partial charge in [0.1, 0.15) is 6.10 Å². The van der Waals surface area contributed by atoms with E-state index in [0.717, 1.165) is 56.8 Å². The highest BCUT2D eigenvalue weighted by Crippen LogP contribution is 2.57. The molecule has 1 saturated heterocycles. The number of esters is 1. The summed E-state index contributed by atoms with van der Waals surface area (Å²) in [6, 6.07) is 4.19. The molecule has 0 unspecified atom stereocenters. The number of hydrogen-bond donors (Lipinski definition) is 0. The number of benzene rings is 1. The largest absolute Gasteiger partial charge is 0.493 e. The van der Waals surface area contributed by atoms with Crippen molar-refractivity contribution in [2.45, 2.75) is 58.1 Å². The molecule has 2 saturated carbocycles. The van der Waals surface area contributed by atoms with Gasteiger partial charge >= 0.3 is 5.97 Å². The summed E-state index contributed by atoms with van der Waals surface area (Å²) >= 11 is 0. The van der Waals surface area contributed by atoms with E-state index in [9.17, 15) is 4.79 Å². The van der Waals surface area contributed by atoms with Crippen molar-refractivity contribution in [3.8, 4) is 11.5 Å². The Bertz CT molecular complexity index is 896. The van der Waals surface area contributed by atoms with Gasteiger partial charge in [0.05, 0.1) is 20.1 Å². The van der Waals surface area contributed by atoms with Crippen LogP contribution in [0, 0.1) is 23.2 Å². The number of nitrogens with zero attached hydrogens (tertiary/aromatic N) is 1. The molecule has 0 aromatic heterocycles. The standard InChI is InChI=1S/C26H35NO4/c1-16-6-5-8-26(2)13-24-19(12-21(16)26)20(25(28)31-24)15-27-9-7-17-10-22(29-3)23(30-4)11-18(17)14-27/h10-11,19-21,24H,1,5-9,12-15H2,2-4H3/t19-,20-,21-,24+,26+/m0/s1. The SMILES string of the molecule is C=C1CCC[C@]2(C)C[C@H]3OC(=O)[C@@H](CN4CCc5cc(OC)c(OC)cc5C4)[C@@H]3C[C@@H]12.